The lowest BCUT2D eigenvalue weighted by Crippen LogP contribution is -2.05. The van der Waals surface area contributed by atoms with Gasteiger partial charge in [0.2, 0.25) is 0 Å². The van der Waals surface area contributed by atoms with Crippen molar-refractivity contribution in [2.75, 3.05) is 19.5 Å². The van der Waals surface area contributed by atoms with Crippen LogP contribution in [0.1, 0.15) is 17.3 Å². The van der Waals surface area contributed by atoms with Gasteiger partial charge in [-0.3, -0.25) is 4.79 Å². The first-order chi connectivity index (χ1) is 8.54. The molecule has 0 aromatic heterocycles. The summed E-state index contributed by atoms with van der Waals surface area (Å²) < 4.78 is 11.1. The van der Waals surface area contributed by atoms with Crippen LogP contribution < -0.4 is 4.74 Å². The molecule has 4 nitrogen and oxygen atoms in total. The second-order valence-electron chi connectivity index (χ2n) is 3.33. The average Bonchev–Trinajstić information content (AvgIpc) is 2.35. The van der Waals surface area contributed by atoms with Gasteiger partial charge in [0.15, 0.2) is 5.12 Å². The Labute approximate surface area is 124 Å². The van der Waals surface area contributed by atoms with Gasteiger partial charge in [-0.2, -0.15) is 0 Å². The minimum absolute atomic E-state index is 0.0663. The minimum atomic E-state index is -0.394. The normalized spacial score (nSPS) is 9.94. The second kappa shape index (κ2) is 7.63. The molecule has 1 aromatic carbocycles. The molecule has 1 aromatic rings. The minimum Gasteiger partial charge on any atom is -0.492 e. The van der Waals surface area contributed by atoms with Crippen molar-refractivity contribution in [1.29, 1.82) is 0 Å². The highest BCUT2D eigenvalue weighted by Crippen LogP contribution is 2.23. The van der Waals surface area contributed by atoms with Gasteiger partial charge in [-0.1, -0.05) is 11.8 Å². The molecule has 0 aliphatic heterocycles. The third-order valence-electron chi connectivity index (χ3n) is 2.00. The van der Waals surface area contributed by atoms with Gasteiger partial charge in [0.1, 0.15) is 5.75 Å². The summed E-state index contributed by atoms with van der Waals surface area (Å²) in [5.41, 5.74) is 0.451. The molecule has 0 fully saturated rings. The molecule has 0 saturated heterocycles. The Morgan fingerprint density at radius 1 is 1.39 bits per heavy atom. The third kappa shape index (κ3) is 4.85. The van der Waals surface area contributed by atoms with E-state index in [1.54, 1.807) is 18.2 Å². The highest BCUT2D eigenvalue weighted by Gasteiger charge is 2.09. The van der Waals surface area contributed by atoms with Crippen LogP contribution >= 0.6 is 34.4 Å². The number of rotatable bonds is 5. The lowest BCUT2D eigenvalue weighted by atomic mass is 10.2. The van der Waals surface area contributed by atoms with Crippen LogP contribution in [0.4, 0.5) is 0 Å². The molecule has 0 spiro atoms. The molecule has 1 rings (SSSR count). The number of esters is 1. The fourth-order valence-electron chi connectivity index (χ4n) is 1.20. The van der Waals surface area contributed by atoms with E-state index in [-0.39, 0.29) is 5.12 Å². The van der Waals surface area contributed by atoms with Crippen LogP contribution in [0.2, 0.25) is 0 Å². The first kappa shape index (κ1) is 15.3. The molecule has 18 heavy (non-hydrogen) atoms. The first-order valence-electron chi connectivity index (χ1n) is 5.18. The van der Waals surface area contributed by atoms with Crippen molar-refractivity contribution >= 4 is 45.4 Å². The lowest BCUT2D eigenvalue weighted by Gasteiger charge is -2.09. The Morgan fingerprint density at radius 3 is 2.72 bits per heavy atom. The van der Waals surface area contributed by atoms with Crippen LogP contribution in [-0.2, 0) is 9.53 Å². The molecule has 0 saturated carbocycles. The smallest absolute Gasteiger partial charge is 0.337 e. The van der Waals surface area contributed by atoms with E-state index in [1.165, 1.54) is 25.8 Å². The number of thioether (sulfide) groups is 1. The highest BCUT2D eigenvalue weighted by molar-refractivity contribution is 14.1. The van der Waals surface area contributed by atoms with Crippen molar-refractivity contribution in [1.82, 2.24) is 0 Å². The van der Waals surface area contributed by atoms with E-state index in [2.05, 4.69) is 27.3 Å². The predicted molar refractivity (Wildman–Crippen MR) is 79.1 cm³/mol. The monoisotopic (exact) mass is 380 g/mol. The maximum absolute atomic E-state index is 11.4. The molecule has 0 radical (unpaired) electrons. The lowest BCUT2D eigenvalue weighted by molar-refractivity contribution is -0.109. The Hall–Kier alpha value is -0.760. The number of carbonyl (C=O) groups excluding carboxylic acids is 2. The molecule has 0 heterocycles. The Balaban J connectivity index is 2.64. The first-order valence-corrected chi connectivity index (χ1v) is 7.25. The van der Waals surface area contributed by atoms with Crippen molar-refractivity contribution in [2.45, 2.75) is 6.92 Å². The van der Waals surface area contributed by atoms with E-state index < -0.39 is 5.97 Å². The summed E-state index contributed by atoms with van der Waals surface area (Å²) in [6.45, 7) is 1.94. The van der Waals surface area contributed by atoms with E-state index in [9.17, 15) is 9.59 Å². The summed E-state index contributed by atoms with van der Waals surface area (Å²) in [5.74, 6) is 0.824. The fourth-order valence-corrected chi connectivity index (χ4v) is 2.14. The van der Waals surface area contributed by atoms with Crippen LogP contribution in [0, 0.1) is 3.57 Å². The SMILES string of the molecule is COC(=O)c1ccc(I)c(OCCSC(C)=O)c1. The van der Waals surface area contributed by atoms with E-state index in [0.717, 1.165) is 3.57 Å². The van der Waals surface area contributed by atoms with Crippen LogP contribution in [0.15, 0.2) is 18.2 Å². The van der Waals surface area contributed by atoms with Gasteiger partial charge in [-0.15, -0.1) is 0 Å². The molecule has 6 heteroatoms. The molecule has 0 atom stereocenters. The zero-order valence-corrected chi connectivity index (χ0v) is 13.0. The van der Waals surface area contributed by atoms with Crippen molar-refractivity contribution in [3.05, 3.63) is 27.3 Å². The van der Waals surface area contributed by atoms with Gasteiger partial charge in [0.05, 0.1) is 22.9 Å². The quantitative estimate of drug-likeness (QED) is 0.447. The van der Waals surface area contributed by atoms with Crippen LogP contribution in [0.3, 0.4) is 0 Å². The van der Waals surface area contributed by atoms with Crippen molar-refractivity contribution in [2.24, 2.45) is 0 Å². The summed E-state index contributed by atoms with van der Waals surface area (Å²) in [6, 6.07) is 5.12. The molecular formula is C12H13IO4S. The number of halogens is 1. The summed E-state index contributed by atoms with van der Waals surface area (Å²) in [4.78, 5) is 22.1. The fraction of sp³-hybridized carbons (Fsp3) is 0.333. The molecule has 0 bridgehead atoms. The standard InChI is InChI=1S/C12H13IO4S/c1-8(14)18-6-5-17-11-7-9(12(15)16-2)3-4-10(11)13/h3-4,7H,5-6H2,1-2H3. The van der Waals surface area contributed by atoms with Gasteiger partial charge >= 0.3 is 5.97 Å². The van der Waals surface area contributed by atoms with Crippen LogP contribution in [0.25, 0.3) is 0 Å². The van der Waals surface area contributed by atoms with Gasteiger partial charge in [-0.25, -0.2) is 4.79 Å². The van der Waals surface area contributed by atoms with Gasteiger partial charge in [-0.05, 0) is 40.8 Å². The molecular weight excluding hydrogens is 367 g/mol. The molecule has 0 unspecified atom stereocenters. The molecule has 0 amide bonds. The van der Waals surface area contributed by atoms with E-state index in [0.29, 0.717) is 23.7 Å². The van der Waals surface area contributed by atoms with Crippen molar-refractivity contribution < 1.29 is 19.1 Å². The average molecular weight is 380 g/mol. The summed E-state index contributed by atoms with van der Waals surface area (Å²) >= 11 is 3.34. The van der Waals surface area contributed by atoms with Crippen molar-refractivity contribution in [3.63, 3.8) is 0 Å². The Kier molecular flexibility index (Phi) is 6.48. The topological polar surface area (TPSA) is 52.6 Å². The summed E-state index contributed by atoms with van der Waals surface area (Å²) in [7, 11) is 1.34. The zero-order chi connectivity index (χ0) is 13.5. The number of methoxy groups -OCH3 is 1. The van der Waals surface area contributed by atoms with Crippen molar-refractivity contribution in [3.8, 4) is 5.75 Å². The van der Waals surface area contributed by atoms with E-state index >= 15 is 0 Å². The Bertz CT molecular complexity index is 448. The highest BCUT2D eigenvalue weighted by atomic mass is 127. The maximum atomic E-state index is 11.4. The second-order valence-corrected chi connectivity index (χ2v) is 5.76. The van der Waals surface area contributed by atoms with Gasteiger partial charge in [0.25, 0.3) is 0 Å². The number of hydrogen-bond acceptors (Lipinski definition) is 5. The summed E-state index contributed by atoms with van der Waals surface area (Å²) in [6.07, 6.45) is 0. The zero-order valence-electron chi connectivity index (χ0n) is 10.1. The number of benzene rings is 1. The summed E-state index contributed by atoms with van der Waals surface area (Å²) in [5, 5.41) is 0.0663. The third-order valence-corrected chi connectivity index (χ3v) is 3.67. The molecule has 0 aliphatic rings. The van der Waals surface area contributed by atoms with E-state index in [4.69, 9.17) is 4.74 Å². The van der Waals surface area contributed by atoms with E-state index in [1.807, 2.05) is 0 Å². The van der Waals surface area contributed by atoms with Gasteiger partial charge in [0, 0.05) is 12.7 Å². The number of ether oxygens (including phenoxy) is 2. The maximum Gasteiger partial charge on any atom is 0.337 e. The predicted octanol–water partition coefficient (Wildman–Crippen LogP) is 2.74. The molecule has 0 N–H and O–H groups in total. The van der Waals surface area contributed by atoms with Crippen LogP contribution in [-0.4, -0.2) is 30.6 Å². The van der Waals surface area contributed by atoms with Gasteiger partial charge < -0.3 is 9.47 Å². The number of hydrogen-bond donors (Lipinski definition) is 0. The van der Waals surface area contributed by atoms with Crippen LogP contribution in [0.5, 0.6) is 5.75 Å². The Morgan fingerprint density at radius 2 is 2.11 bits per heavy atom. The molecule has 0 aliphatic carbocycles. The largest absolute Gasteiger partial charge is 0.492 e. The number of carbonyl (C=O) groups is 2. The molecule has 98 valence electrons.